The third-order valence-electron chi connectivity index (χ3n) is 2.65. The highest BCUT2D eigenvalue weighted by atomic mass is 16.5. The van der Waals surface area contributed by atoms with Crippen LogP contribution in [0.15, 0.2) is 0 Å². The highest BCUT2D eigenvalue weighted by molar-refractivity contribution is 5.77. The lowest BCUT2D eigenvalue weighted by atomic mass is 10.3. The second kappa shape index (κ2) is 14.7. The number of amides is 1. The van der Waals surface area contributed by atoms with E-state index >= 15 is 0 Å². The van der Waals surface area contributed by atoms with Gasteiger partial charge in [-0.25, -0.2) is 0 Å². The van der Waals surface area contributed by atoms with E-state index in [-0.39, 0.29) is 18.6 Å². The quantitative estimate of drug-likeness (QED) is 0.483. The van der Waals surface area contributed by atoms with Gasteiger partial charge in [-0.2, -0.15) is 0 Å². The summed E-state index contributed by atoms with van der Waals surface area (Å²) in [6.07, 6.45) is 2.90. The van der Waals surface area contributed by atoms with Crippen molar-refractivity contribution >= 4 is 5.91 Å². The maximum absolute atomic E-state index is 11.5. The summed E-state index contributed by atoms with van der Waals surface area (Å²) in [6.45, 7) is 5.06. The third kappa shape index (κ3) is 12.3. The summed E-state index contributed by atoms with van der Waals surface area (Å²) in [6, 6.07) is 0. The lowest BCUT2D eigenvalue weighted by Gasteiger charge is -2.14. The lowest BCUT2D eigenvalue weighted by molar-refractivity contribution is -0.127. The molecule has 6 heteroatoms. The largest absolute Gasteiger partial charge is 0.382 e. The van der Waals surface area contributed by atoms with Crippen molar-refractivity contribution in [1.29, 1.82) is 0 Å². The van der Waals surface area contributed by atoms with Crippen LogP contribution >= 0.6 is 0 Å². The predicted octanol–water partition coefficient (Wildman–Crippen LogP) is 0.987. The molecule has 0 aromatic heterocycles. The molecular formula is C14H29NO5. The molecule has 0 fully saturated rings. The van der Waals surface area contributed by atoms with Gasteiger partial charge in [0.05, 0.1) is 13.2 Å². The molecule has 1 unspecified atom stereocenters. The molecule has 0 aliphatic heterocycles. The van der Waals surface area contributed by atoms with Crippen molar-refractivity contribution in [3.8, 4) is 0 Å². The van der Waals surface area contributed by atoms with Crippen molar-refractivity contribution in [3.05, 3.63) is 0 Å². The average Bonchev–Trinajstić information content (AvgIpc) is 2.45. The number of unbranched alkanes of at least 4 members (excludes halogenated alkanes) is 1. The molecule has 0 saturated heterocycles. The van der Waals surface area contributed by atoms with Gasteiger partial charge < -0.3 is 24.3 Å². The second-order valence-electron chi connectivity index (χ2n) is 4.50. The van der Waals surface area contributed by atoms with Gasteiger partial charge in [0, 0.05) is 34.0 Å². The average molecular weight is 291 g/mol. The summed E-state index contributed by atoms with van der Waals surface area (Å²) in [4.78, 5) is 11.5. The van der Waals surface area contributed by atoms with Crippen LogP contribution in [0, 0.1) is 0 Å². The van der Waals surface area contributed by atoms with E-state index in [1.54, 1.807) is 14.2 Å². The maximum Gasteiger partial charge on any atom is 0.246 e. The molecule has 0 aliphatic carbocycles. The highest BCUT2D eigenvalue weighted by Crippen LogP contribution is 1.92. The molecule has 0 rings (SSSR count). The van der Waals surface area contributed by atoms with Gasteiger partial charge in [-0.05, 0) is 12.8 Å². The number of nitrogens with one attached hydrogen (secondary N) is 1. The first-order chi connectivity index (χ1) is 9.74. The maximum atomic E-state index is 11.5. The fraction of sp³-hybridized carbons (Fsp3) is 0.929. The second-order valence-corrected chi connectivity index (χ2v) is 4.50. The van der Waals surface area contributed by atoms with E-state index in [9.17, 15) is 4.79 Å². The molecule has 0 spiro atoms. The smallest absolute Gasteiger partial charge is 0.246 e. The zero-order chi connectivity index (χ0) is 15.1. The summed E-state index contributed by atoms with van der Waals surface area (Å²) >= 11 is 0. The van der Waals surface area contributed by atoms with Crippen molar-refractivity contribution in [2.45, 2.75) is 32.3 Å². The molecule has 0 heterocycles. The van der Waals surface area contributed by atoms with E-state index in [1.807, 2.05) is 0 Å². The minimum absolute atomic E-state index is 0.0419. The van der Waals surface area contributed by atoms with Crippen molar-refractivity contribution in [2.75, 3.05) is 53.8 Å². The number of rotatable bonds is 14. The molecule has 120 valence electrons. The van der Waals surface area contributed by atoms with E-state index < -0.39 is 0 Å². The molecule has 1 N–H and O–H groups in total. The van der Waals surface area contributed by atoms with Crippen molar-refractivity contribution in [2.24, 2.45) is 0 Å². The van der Waals surface area contributed by atoms with Crippen LogP contribution < -0.4 is 5.32 Å². The van der Waals surface area contributed by atoms with Crippen LogP contribution in [0.25, 0.3) is 0 Å². The number of ether oxygens (including phenoxy) is 4. The molecule has 6 nitrogen and oxygen atoms in total. The normalized spacial score (nSPS) is 12.3. The van der Waals surface area contributed by atoms with Gasteiger partial charge in [0.25, 0.3) is 0 Å². The van der Waals surface area contributed by atoms with Gasteiger partial charge in [-0.3, -0.25) is 4.79 Å². The summed E-state index contributed by atoms with van der Waals surface area (Å²) in [5, 5.41) is 2.78. The Labute approximate surface area is 122 Å². The fourth-order valence-electron chi connectivity index (χ4n) is 1.45. The first kappa shape index (κ1) is 19.3. The zero-order valence-electron chi connectivity index (χ0n) is 13.0. The Kier molecular flexibility index (Phi) is 14.2. The number of hydrogen-bond donors (Lipinski definition) is 1. The van der Waals surface area contributed by atoms with Crippen LogP contribution in [0.4, 0.5) is 0 Å². The molecule has 0 aromatic carbocycles. The molecule has 0 radical (unpaired) electrons. The van der Waals surface area contributed by atoms with Crippen LogP contribution in [-0.4, -0.2) is 65.8 Å². The van der Waals surface area contributed by atoms with E-state index in [2.05, 4.69) is 12.2 Å². The minimum atomic E-state index is -0.139. The van der Waals surface area contributed by atoms with E-state index in [1.165, 1.54) is 0 Å². The van der Waals surface area contributed by atoms with Crippen LogP contribution in [0.1, 0.15) is 26.2 Å². The molecule has 0 saturated carbocycles. The molecule has 0 bridgehead atoms. The standard InChI is InChI=1S/C14H29NO5/c1-4-5-8-19-9-6-7-15-14(16)12-20-11-13(18-3)10-17-2/h13H,4-12H2,1-3H3,(H,15,16). The Morgan fingerprint density at radius 1 is 1.10 bits per heavy atom. The van der Waals surface area contributed by atoms with Crippen molar-refractivity contribution < 1.29 is 23.7 Å². The molecule has 0 aromatic rings. The number of methoxy groups -OCH3 is 2. The molecule has 20 heavy (non-hydrogen) atoms. The predicted molar refractivity (Wildman–Crippen MR) is 76.8 cm³/mol. The van der Waals surface area contributed by atoms with Crippen LogP contribution in [0.5, 0.6) is 0 Å². The van der Waals surface area contributed by atoms with Crippen molar-refractivity contribution in [1.82, 2.24) is 5.32 Å². The monoisotopic (exact) mass is 291 g/mol. The Balaban J connectivity index is 3.36. The van der Waals surface area contributed by atoms with Gasteiger partial charge in [-0.1, -0.05) is 13.3 Å². The number of carbonyl (C=O) groups is 1. The zero-order valence-corrected chi connectivity index (χ0v) is 13.0. The van der Waals surface area contributed by atoms with E-state index in [4.69, 9.17) is 18.9 Å². The topological polar surface area (TPSA) is 66.0 Å². The molecule has 1 atom stereocenters. The van der Waals surface area contributed by atoms with Gasteiger partial charge in [0.15, 0.2) is 0 Å². The number of carbonyl (C=O) groups excluding carboxylic acids is 1. The highest BCUT2D eigenvalue weighted by Gasteiger charge is 2.08. The lowest BCUT2D eigenvalue weighted by Crippen LogP contribution is -2.31. The Hall–Kier alpha value is -0.690. The minimum Gasteiger partial charge on any atom is -0.382 e. The third-order valence-corrected chi connectivity index (χ3v) is 2.65. The fourth-order valence-corrected chi connectivity index (χ4v) is 1.45. The van der Waals surface area contributed by atoms with Crippen LogP contribution in [0.3, 0.4) is 0 Å². The van der Waals surface area contributed by atoms with Gasteiger partial charge in [0.1, 0.15) is 12.7 Å². The SMILES string of the molecule is CCCCOCCCNC(=O)COCC(COC)OC. The Morgan fingerprint density at radius 3 is 2.50 bits per heavy atom. The van der Waals surface area contributed by atoms with Gasteiger partial charge in [0.2, 0.25) is 5.91 Å². The van der Waals surface area contributed by atoms with E-state index in [0.29, 0.717) is 26.4 Å². The van der Waals surface area contributed by atoms with E-state index in [0.717, 1.165) is 25.9 Å². The first-order valence-corrected chi connectivity index (χ1v) is 7.18. The summed E-state index contributed by atoms with van der Waals surface area (Å²) in [5.41, 5.74) is 0. The van der Waals surface area contributed by atoms with Gasteiger partial charge in [-0.15, -0.1) is 0 Å². The van der Waals surface area contributed by atoms with Crippen LogP contribution in [-0.2, 0) is 23.7 Å². The molecular weight excluding hydrogens is 262 g/mol. The molecule has 0 aliphatic rings. The summed E-state index contributed by atoms with van der Waals surface area (Å²) < 4.78 is 20.7. The molecule has 1 amide bonds. The first-order valence-electron chi connectivity index (χ1n) is 7.18. The number of hydrogen-bond acceptors (Lipinski definition) is 5. The summed E-state index contributed by atoms with van der Waals surface area (Å²) in [7, 11) is 3.19. The van der Waals surface area contributed by atoms with Crippen molar-refractivity contribution in [3.63, 3.8) is 0 Å². The Morgan fingerprint density at radius 2 is 1.85 bits per heavy atom. The Bertz CT molecular complexity index is 226. The summed E-state index contributed by atoms with van der Waals surface area (Å²) in [5.74, 6) is -0.120. The van der Waals surface area contributed by atoms with Gasteiger partial charge >= 0.3 is 0 Å². The van der Waals surface area contributed by atoms with Crippen LogP contribution in [0.2, 0.25) is 0 Å².